The normalized spacial score (nSPS) is 16.2. The van der Waals surface area contributed by atoms with E-state index in [0.29, 0.717) is 19.6 Å². The molecule has 23 heavy (non-hydrogen) atoms. The molecule has 0 saturated carbocycles. The first-order valence-electron chi connectivity index (χ1n) is 7.73. The largest absolute Gasteiger partial charge is 0.361 e. The lowest BCUT2D eigenvalue weighted by Gasteiger charge is -2.34. The fourth-order valence-electron chi connectivity index (χ4n) is 2.24. The fraction of sp³-hybridized carbons (Fsp3) is 0.500. The monoisotopic (exact) mass is 398 g/mol. The van der Waals surface area contributed by atoms with Crippen LogP contribution < -0.4 is 4.90 Å². The van der Waals surface area contributed by atoms with E-state index in [9.17, 15) is 9.59 Å². The van der Waals surface area contributed by atoms with Gasteiger partial charge in [-0.3, -0.25) is 9.69 Å². The van der Waals surface area contributed by atoms with Crippen LogP contribution in [0.4, 0.5) is 10.5 Å². The van der Waals surface area contributed by atoms with E-state index in [2.05, 4.69) is 35.6 Å². The second-order valence-electron chi connectivity index (χ2n) is 6.83. The van der Waals surface area contributed by atoms with Gasteiger partial charge in [0.25, 0.3) is 0 Å². The Kier molecular flexibility index (Phi) is 5.99. The molecule has 0 unspecified atom stereocenters. The van der Waals surface area contributed by atoms with Crippen LogP contribution in [0.25, 0.3) is 0 Å². The lowest BCUT2D eigenvalue weighted by molar-refractivity contribution is -0.133. The van der Waals surface area contributed by atoms with Gasteiger partial charge in [-0.05, 0) is 24.2 Å². The van der Waals surface area contributed by atoms with Crippen molar-refractivity contribution in [1.29, 1.82) is 0 Å². The molecule has 0 atom stereocenters. The van der Waals surface area contributed by atoms with Crippen LogP contribution in [-0.2, 0) is 9.53 Å². The van der Waals surface area contributed by atoms with E-state index in [1.54, 1.807) is 4.90 Å². The lowest BCUT2D eigenvalue weighted by Crippen LogP contribution is -2.53. The zero-order valence-corrected chi connectivity index (χ0v) is 16.4. The molecule has 1 fully saturated rings. The molecule has 0 N–H and O–H groups in total. The van der Waals surface area contributed by atoms with Gasteiger partial charge in [-0.25, -0.2) is 9.69 Å². The van der Waals surface area contributed by atoms with Crippen LogP contribution in [0, 0.1) is 0 Å². The predicted molar refractivity (Wildman–Crippen MR) is 97.3 cm³/mol. The number of carbonyl (C=O) groups excluding carboxylic acids is 2. The van der Waals surface area contributed by atoms with Crippen LogP contribution in [0.3, 0.4) is 0 Å². The number of nitrogens with zero attached hydrogens (tertiary/aromatic N) is 2. The Bertz CT molecular complexity index is 589. The summed E-state index contributed by atoms with van der Waals surface area (Å²) in [5.41, 5.74) is 0.781. The molecule has 2 rings (SSSR count). The van der Waals surface area contributed by atoms with E-state index < -0.39 is 8.07 Å². The Morgan fingerprint density at radius 3 is 2.65 bits per heavy atom. The summed E-state index contributed by atoms with van der Waals surface area (Å²) < 4.78 is 6.48. The molecule has 0 radical (unpaired) electrons. The van der Waals surface area contributed by atoms with Gasteiger partial charge in [-0.1, -0.05) is 41.6 Å². The van der Waals surface area contributed by atoms with Crippen molar-refractivity contribution >= 4 is 41.6 Å². The molecule has 1 aliphatic rings. The summed E-state index contributed by atoms with van der Waals surface area (Å²) in [5.74, 6) is -0.172. The third kappa shape index (κ3) is 5.15. The highest BCUT2D eigenvalue weighted by molar-refractivity contribution is 9.10. The van der Waals surface area contributed by atoms with Gasteiger partial charge >= 0.3 is 6.03 Å². The van der Waals surface area contributed by atoms with Gasteiger partial charge in [-0.2, -0.15) is 0 Å². The highest BCUT2D eigenvalue weighted by atomic mass is 79.9. The second kappa shape index (κ2) is 7.59. The van der Waals surface area contributed by atoms with Gasteiger partial charge < -0.3 is 4.74 Å². The number of urea groups is 1. The van der Waals surface area contributed by atoms with E-state index in [1.165, 1.54) is 4.90 Å². The number of rotatable bonds is 6. The van der Waals surface area contributed by atoms with Crippen LogP contribution in [-0.4, -0.2) is 44.8 Å². The quantitative estimate of drug-likeness (QED) is 0.538. The summed E-state index contributed by atoms with van der Waals surface area (Å²) in [5, 5.41) is 0. The van der Waals surface area contributed by atoms with Gasteiger partial charge in [0.1, 0.15) is 6.73 Å². The van der Waals surface area contributed by atoms with Gasteiger partial charge in [0.15, 0.2) is 0 Å². The van der Waals surface area contributed by atoms with Crippen LogP contribution in [0.1, 0.15) is 6.42 Å². The third-order valence-electron chi connectivity index (χ3n) is 3.65. The number of anilines is 1. The molecule has 1 aliphatic heterocycles. The number of benzene rings is 1. The smallest absolute Gasteiger partial charge is 0.333 e. The van der Waals surface area contributed by atoms with Crippen molar-refractivity contribution in [2.75, 3.05) is 24.8 Å². The van der Waals surface area contributed by atoms with Gasteiger partial charge in [0, 0.05) is 37.8 Å². The zero-order valence-electron chi connectivity index (χ0n) is 13.8. The average molecular weight is 399 g/mol. The molecule has 1 aromatic rings. The summed E-state index contributed by atoms with van der Waals surface area (Å²) in [6, 6.07) is 8.21. The number of amides is 3. The fourth-order valence-corrected chi connectivity index (χ4v) is 3.38. The molecule has 1 heterocycles. The van der Waals surface area contributed by atoms with E-state index in [0.717, 1.165) is 16.2 Å². The maximum absolute atomic E-state index is 12.6. The minimum Gasteiger partial charge on any atom is -0.361 e. The molecule has 0 aromatic heterocycles. The Morgan fingerprint density at radius 1 is 1.26 bits per heavy atom. The molecular formula is C16H23BrN2O3Si. The maximum atomic E-state index is 12.6. The first-order chi connectivity index (χ1) is 10.8. The van der Waals surface area contributed by atoms with Gasteiger partial charge in [-0.15, -0.1) is 0 Å². The summed E-state index contributed by atoms with van der Waals surface area (Å²) in [6.45, 7) is 7.82. The Balaban J connectivity index is 1.99. The topological polar surface area (TPSA) is 49.9 Å². The third-order valence-corrected chi connectivity index (χ3v) is 5.85. The number of carbonyl (C=O) groups is 2. The van der Waals surface area contributed by atoms with Crippen LogP contribution in [0.5, 0.6) is 0 Å². The van der Waals surface area contributed by atoms with Crippen molar-refractivity contribution in [3.05, 3.63) is 28.7 Å². The van der Waals surface area contributed by atoms with E-state index >= 15 is 0 Å². The van der Waals surface area contributed by atoms with Crippen molar-refractivity contribution < 1.29 is 14.3 Å². The Morgan fingerprint density at radius 2 is 2.00 bits per heavy atom. The standard InChI is InChI=1S/C16H23BrN2O3Si/c1-23(2,3)10-9-22-12-19-15(20)7-8-18(16(19)21)14-6-4-5-13(17)11-14/h4-6,11H,7-10,12H2,1-3H3. The van der Waals surface area contributed by atoms with E-state index in [1.807, 2.05) is 24.3 Å². The van der Waals surface area contributed by atoms with Crippen LogP contribution in [0.15, 0.2) is 28.7 Å². The molecule has 1 saturated heterocycles. The molecule has 1 aromatic carbocycles. The van der Waals surface area contributed by atoms with Gasteiger partial charge in [0.2, 0.25) is 5.91 Å². The van der Waals surface area contributed by atoms with E-state index in [4.69, 9.17) is 4.74 Å². The number of imide groups is 1. The van der Waals surface area contributed by atoms with Crippen molar-refractivity contribution in [2.24, 2.45) is 0 Å². The second-order valence-corrected chi connectivity index (χ2v) is 13.4. The van der Waals surface area contributed by atoms with Crippen molar-refractivity contribution in [2.45, 2.75) is 32.1 Å². The lowest BCUT2D eigenvalue weighted by atomic mass is 10.2. The minimum atomic E-state index is -1.18. The minimum absolute atomic E-state index is 0.0344. The molecule has 3 amide bonds. The number of ether oxygens (including phenoxy) is 1. The van der Waals surface area contributed by atoms with Crippen molar-refractivity contribution in [3.8, 4) is 0 Å². The number of hydrogen-bond acceptors (Lipinski definition) is 3. The highest BCUT2D eigenvalue weighted by Crippen LogP contribution is 2.24. The summed E-state index contributed by atoms with van der Waals surface area (Å²) in [6.07, 6.45) is 0.315. The number of hydrogen-bond donors (Lipinski definition) is 0. The van der Waals surface area contributed by atoms with Gasteiger partial charge in [0.05, 0.1) is 0 Å². The molecule has 126 valence electrons. The summed E-state index contributed by atoms with van der Waals surface area (Å²) in [7, 11) is -1.18. The van der Waals surface area contributed by atoms with Crippen LogP contribution in [0.2, 0.25) is 25.7 Å². The molecule has 0 bridgehead atoms. The first kappa shape index (κ1) is 18.2. The molecule has 0 spiro atoms. The SMILES string of the molecule is C[Si](C)(C)CCOCN1C(=O)CCN(c2cccc(Br)c2)C1=O. The summed E-state index contributed by atoms with van der Waals surface area (Å²) >= 11 is 3.41. The first-order valence-corrected chi connectivity index (χ1v) is 12.2. The number of halogens is 1. The highest BCUT2D eigenvalue weighted by Gasteiger charge is 2.33. The molecular weight excluding hydrogens is 376 g/mol. The Hall–Kier alpha value is -1.18. The maximum Gasteiger partial charge on any atom is 0.333 e. The summed E-state index contributed by atoms with van der Waals surface area (Å²) in [4.78, 5) is 27.4. The van der Waals surface area contributed by atoms with Crippen LogP contribution >= 0.6 is 15.9 Å². The predicted octanol–water partition coefficient (Wildman–Crippen LogP) is 3.92. The van der Waals surface area contributed by atoms with Crippen molar-refractivity contribution in [1.82, 2.24) is 4.90 Å². The molecule has 0 aliphatic carbocycles. The molecule has 7 heteroatoms. The van der Waals surface area contributed by atoms with Crippen molar-refractivity contribution in [3.63, 3.8) is 0 Å². The average Bonchev–Trinajstić information content (AvgIpc) is 2.45. The van der Waals surface area contributed by atoms with E-state index in [-0.39, 0.29) is 18.7 Å². The Labute approximate surface area is 146 Å². The molecule has 5 nitrogen and oxygen atoms in total. The zero-order chi connectivity index (χ0) is 17.0.